The second kappa shape index (κ2) is 5.23. The quantitative estimate of drug-likeness (QED) is 0.586. The molecule has 0 aromatic carbocycles. The van der Waals surface area contributed by atoms with Crippen LogP contribution in [-0.4, -0.2) is 16.6 Å². The normalized spacial score (nSPS) is 9.70. The number of carboxylic acids is 1. The number of nitrogens with two attached hydrogens (primary N) is 1. The molecular formula is C7H17NO2. The van der Waals surface area contributed by atoms with Gasteiger partial charge < -0.3 is 10.8 Å². The summed E-state index contributed by atoms with van der Waals surface area (Å²) in [5, 5.41) is 7.42. The smallest absolute Gasteiger partial charge is 0.300 e. The van der Waals surface area contributed by atoms with Gasteiger partial charge in [-0.15, -0.1) is 0 Å². The fourth-order valence-corrected chi connectivity index (χ4v) is 0. The van der Waals surface area contributed by atoms with Gasteiger partial charge in [0.15, 0.2) is 0 Å². The molecule has 0 aliphatic carbocycles. The van der Waals surface area contributed by atoms with E-state index in [2.05, 4.69) is 6.92 Å². The van der Waals surface area contributed by atoms with Gasteiger partial charge in [-0.05, 0) is 20.3 Å². The lowest BCUT2D eigenvalue weighted by Gasteiger charge is -2.13. The zero-order chi connectivity index (χ0) is 8.78. The molecule has 0 aliphatic rings. The molecule has 0 fully saturated rings. The lowest BCUT2D eigenvalue weighted by atomic mass is 10.1. The van der Waals surface area contributed by atoms with E-state index in [0.717, 1.165) is 13.3 Å². The van der Waals surface area contributed by atoms with Crippen LogP contribution in [-0.2, 0) is 4.79 Å². The van der Waals surface area contributed by atoms with Gasteiger partial charge in [0.25, 0.3) is 5.97 Å². The molecule has 3 heteroatoms. The maximum absolute atomic E-state index is 9.00. The molecule has 0 bridgehead atoms. The molecular weight excluding hydrogens is 130 g/mol. The zero-order valence-electron chi connectivity index (χ0n) is 7.14. The molecule has 0 aromatic rings. The fraction of sp³-hybridized carbons (Fsp3) is 0.857. The molecule has 0 atom stereocenters. The van der Waals surface area contributed by atoms with Crippen LogP contribution in [0.4, 0.5) is 0 Å². The summed E-state index contributed by atoms with van der Waals surface area (Å²) in [6.07, 6.45) is 1.05. The predicted octanol–water partition coefficient (Wildman–Crippen LogP) is 1.22. The first kappa shape index (κ1) is 12.1. The minimum atomic E-state index is -0.833. The predicted molar refractivity (Wildman–Crippen MR) is 41.9 cm³/mol. The van der Waals surface area contributed by atoms with Crippen molar-refractivity contribution >= 4 is 5.97 Å². The highest BCUT2D eigenvalue weighted by Crippen LogP contribution is 1.99. The maximum Gasteiger partial charge on any atom is 0.300 e. The van der Waals surface area contributed by atoms with E-state index < -0.39 is 5.97 Å². The van der Waals surface area contributed by atoms with Gasteiger partial charge in [-0.1, -0.05) is 6.92 Å². The molecule has 10 heavy (non-hydrogen) atoms. The van der Waals surface area contributed by atoms with Crippen LogP contribution < -0.4 is 5.73 Å². The molecule has 0 aliphatic heterocycles. The Morgan fingerprint density at radius 1 is 1.60 bits per heavy atom. The molecule has 0 saturated carbocycles. The van der Waals surface area contributed by atoms with Crippen molar-refractivity contribution in [3.8, 4) is 0 Å². The number of carbonyl (C=O) groups is 1. The van der Waals surface area contributed by atoms with E-state index >= 15 is 0 Å². The zero-order valence-corrected chi connectivity index (χ0v) is 7.14. The Hall–Kier alpha value is -0.570. The highest BCUT2D eigenvalue weighted by molar-refractivity contribution is 5.62. The number of rotatable bonds is 1. The van der Waals surface area contributed by atoms with Gasteiger partial charge in [0.05, 0.1) is 0 Å². The molecule has 0 heterocycles. The minimum Gasteiger partial charge on any atom is -0.481 e. The first-order valence-electron chi connectivity index (χ1n) is 3.28. The lowest BCUT2D eigenvalue weighted by molar-refractivity contribution is -0.134. The van der Waals surface area contributed by atoms with Crippen LogP contribution in [0.2, 0.25) is 0 Å². The van der Waals surface area contributed by atoms with Crippen molar-refractivity contribution in [3.05, 3.63) is 0 Å². The Balaban J connectivity index is 0. The van der Waals surface area contributed by atoms with Crippen LogP contribution in [0.3, 0.4) is 0 Å². The highest BCUT2D eigenvalue weighted by atomic mass is 16.4. The number of hydrogen-bond donors (Lipinski definition) is 2. The van der Waals surface area contributed by atoms with Gasteiger partial charge in [0, 0.05) is 12.5 Å². The van der Waals surface area contributed by atoms with Crippen molar-refractivity contribution in [3.63, 3.8) is 0 Å². The molecule has 3 nitrogen and oxygen atoms in total. The molecule has 3 N–H and O–H groups in total. The summed E-state index contributed by atoms with van der Waals surface area (Å²) in [5.74, 6) is -0.833. The summed E-state index contributed by atoms with van der Waals surface area (Å²) in [6.45, 7) is 7.21. The van der Waals surface area contributed by atoms with Gasteiger partial charge in [0.2, 0.25) is 0 Å². The van der Waals surface area contributed by atoms with Gasteiger partial charge in [-0.2, -0.15) is 0 Å². The number of carboxylic acid groups (broad SMARTS) is 1. The second-order valence-corrected chi connectivity index (χ2v) is 2.86. The van der Waals surface area contributed by atoms with E-state index in [0.29, 0.717) is 0 Å². The van der Waals surface area contributed by atoms with E-state index in [9.17, 15) is 0 Å². The van der Waals surface area contributed by atoms with E-state index in [1.165, 1.54) is 0 Å². The first-order chi connectivity index (χ1) is 4.29. The van der Waals surface area contributed by atoms with Gasteiger partial charge >= 0.3 is 0 Å². The van der Waals surface area contributed by atoms with E-state index in [-0.39, 0.29) is 5.54 Å². The van der Waals surface area contributed by atoms with E-state index in [1.807, 2.05) is 13.8 Å². The Labute approximate surface area is 62.2 Å². The topological polar surface area (TPSA) is 63.3 Å². The highest BCUT2D eigenvalue weighted by Gasteiger charge is 2.03. The number of aliphatic carboxylic acids is 1. The lowest BCUT2D eigenvalue weighted by Crippen LogP contribution is -2.30. The van der Waals surface area contributed by atoms with E-state index in [4.69, 9.17) is 15.6 Å². The summed E-state index contributed by atoms with van der Waals surface area (Å²) in [6, 6.07) is 0. The summed E-state index contributed by atoms with van der Waals surface area (Å²) in [4.78, 5) is 9.00. The average molecular weight is 147 g/mol. The summed E-state index contributed by atoms with van der Waals surface area (Å²) >= 11 is 0. The third-order valence-electron chi connectivity index (χ3n) is 0.911. The van der Waals surface area contributed by atoms with Gasteiger partial charge in [0.1, 0.15) is 0 Å². The molecule has 0 rings (SSSR count). The standard InChI is InChI=1S/C5H13N.C2H4O2/c1-4-5(2,3)6;1-2(3)4/h4,6H2,1-3H3;1H3,(H,3,4). The summed E-state index contributed by atoms with van der Waals surface area (Å²) in [5.41, 5.74) is 5.58. The fourth-order valence-electron chi connectivity index (χ4n) is 0. The molecule has 0 radical (unpaired) electrons. The monoisotopic (exact) mass is 147 g/mol. The van der Waals surface area contributed by atoms with Crippen LogP contribution in [0.25, 0.3) is 0 Å². The van der Waals surface area contributed by atoms with Crippen LogP contribution >= 0.6 is 0 Å². The van der Waals surface area contributed by atoms with Crippen LogP contribution in [0.15, 0.2) is 0 Å². The third-order valence-corrected chi connectivity index (χ3v) is 0.911. The van der Waals surface area contributed by atoms with Crippen molar-refractivity contribution in [2.24, 2.45) is 5.73 Å². The third kappa shape index (κ3) is 52.0. The molecule has 0 unspecified atom stereocenters. The summed E-state index contributed by atoms with van der Waals surface area (Å²) in [7, 11) is 0. The van der Waals surface area contributed by atoms with Crippen molar-refractivity contribution in [2.45, 2.75) is 39.7 Å². The Kier molecular flexibility index (Phi) is 6.35. The average Bonchev–Trinajstić information content (AvgIpc) is 1.63. The van der Waals surface area contributed by atoms with Gasteiger partial charge in [-0.3, -0.25) is 4.79 Å². The molecule has 0 aromatic heterocycles. The second-order valence-electron chi connectivity index (χ2n) is 2.86. The van der Waals surface area contributed by atoms with Crippen molar-refractivity contribution in [1.29, 1.82) is 0 Å². The maximum atomic E-state index is 9.00. The minimum absolute atomic E-state index is 0.0417. The molecule has 0 spiro atoms. The van der Waals surface area contributed by atoms with Crippen LogP contribution in [0.1, 0.15) is 34.1 Å². The van der Waals surface area contributed by atoms with Crippen molar-refractivity contribution < 1.29 is 9.90 Å². The Morgan fingerprint density at radius 3 is 1.70 bits per heavy atom. The first-order valence-corrected chi connectivity index (χ1v) is 3.28. The molecule has 62 valence electrons. The number of hydrogen-bond acceptors (Lipinski definition) is 2. The van der Waals surface area contributed by atoms with Crippen molar-refractivity contribution in [1.82, 2.24) is 0 Å². The SMILES string of the molecule is CC(=O)O.CCC(C)(C)N. The molecule has 0 amide bonds. The molecule has 0 saturated heterocycles. The summed E-state index contributed by atoms with van der Waals surface area (Å²) < 4.78 is 0. The van der Waals surface area contributed by atoms with E-state index in [1.54, 1.807) is 0 Å². The Morgan fingerprint density at radius 2 is 1.70 bits per heavy atom. The Bertz CT molecular complexity index is 90.3. The van der Waals surface area contributed by atoms with Crippen LogP contribution in [0, 0.1) is 0 Å². The van der Waals surface area contributed by atoms with Gasteiger partial charge in [-0.25, -0.2) is 0 Å². The van der Waals surface area contributed by atoms with Crippen LogP contribution in [0.5, 0.6) is 0 Å². The largest absolute Gasteiger partial charge is 0.481 e. The van der Waals surface area contributed by atoms with Crippen molar-refractivity contribution in [2.75, 3.05) is 0 Å².